The van der Waals surface area contributed by atoms with Crippen LogP contribution in [0.2, 0.25) is 0 Å². The first-order valence-electron chi connectivity index (χ1n) is 31.3. The third-order valence-corrected chi connectivity index (χ3v) is 14.9. The fourth-order valence-corrected chi connectivity index (χ4v) is 10.1. The first-order valence-corrected chi connectivity index (χ1v) is 31.3. The highest BCUT2D eigenvalue weighted by Gasteiger charge is 2.20. The Hall–Kier alpha value is -1.14. The van der Waals surface area contributed by atoms with E-state index in [4.69, 9.17) is 4.74 Å². The van der Waals surface area contributed by atoms with Crippen LogP contribution in [0.1, 0.15) is 361 Å². The molecule has 3 N–H and O–H groups in total. The Bertz CT molecular complexity index is 975. The van der Waals surface area contributed by atoms with Gasteiger partial charge in [-0.1, -0.05) is 322 Å². The average molecular weight is 963 g/mol. The minimum absolute atomic E-state index is 0.0204. The molecule has 0 radical (unpaired) electrons. The van der Waals surface area contributed by atoms with E-state index in [9.17, 15) is 19.8 Å². The number of carbonyl (C=O) groups is 2. The Morgan fingerprint density at radius 2 is 0.603 bits per heavy atom. The van der Waals surface area contributed by atoms with Gasteiger partial charge in [-0.05, 0) is 25.7 Å². The SMILES string of the molecule is CCCCCCCCCCCCCC(=O)OCCCCCCCCCCCCCCCCCCCCCCCCCCCCCCCCC(=O)NC(CO)C(O)CCCCCCCCCCCC. The second-order valence-corrected chi connectivity index (χ2v) is 21.8. The quantitative estimate of drug-likeness (QED) is 0.0417. The van der Waals surface area contributed by atoms with Gasteiger partial charge in [0.1, 0.15) is 0 Å². The van der Waals surface area contributed by atoms with E-state index in [2.05, 4.69) is 19.2 Å². The molecule has 0 heterocycles. The average Bonchev–Trinajstić information content (AvgIpc) is 3.34. The van der Waals surface area contributed by atoms with Crippen LogP contribution >= 0.6 is 0 Å². The smallest absolute Gasteiger partial charge is 0.305 e. The molecule has 0 saturated heterocycles. The number of carbonyl (C=O) groups excluding carboxylic acids is 2. The van der Waals surface area contributed by atoms with Gasteiger partial charge in [0, 0.05) is 12.8 Å². The zero-order chi connectivity index (χ0) is 49.3. The van der Waals surface area contributed by atoms with Crippen molar-refractivity contribution in [2.45, 2.75) is 373 Å². The van der Waals surface area contributed by atoms with Crippen molar-refractivity contribution < 1.29 is 24.5 Å². The topological polar surface area (TPSA) is 95.9 Å². The van der Waals surface area contributed by atoms with Gasteiger partial charge in [-0.3, -0.25) is 9.59 Å². The molecule has 2 unspecified atom stereocenters. The van der Waals surface area contributed by atoms with Crippen molar-refractivity contribution in [1.82, 2.24) is 5.32 Å². The molecule has 1 amide bonds. The van der Waals surface area contributed by atoms with Crippen molar-refractivity contribution >= 4 is 11.9 Å². The van der Waals surface area contributed by atoms with E-state index in [-0.39, 0.29) is 18.5 Å². The molecule has 0 aromatic carbocycles. The van der Waals surface area contributed by atoms with E-state index < -0.39 is 12.1 Å². The van der Waals surface area contributed by atoms with Gasteiger partial charge in [0.05, 0.1) is 25.4 Å². The molecular weight excluding hydrogens is 839 g/mol. The number of esters is 1. The van der Waals surface area contributed by atoms with Gasteiger partial charge >= 0.3 is 5.97 Å². The highest BCUT2D eigenvalue weighted by Crippen LogP contribution is 2.19. The third kappa shape index (κ3) is 54.2. The zero-order valence-electron chi connectivity index (χ0n) is 46.4. The summed E-state index contributed by atoms with van der Waals surface area (Å²) < 4.78 is 5.47. The number of nitrogens with one attached hydrogen (secondary N) is 1. The number of rotatable bonds is 59. The van der Waals surface area contributed by atoms with E-state index in [1.165, 1.54) is 289 Å². The predicted molar refractivity (Wildman–Crippen MR) is 297 cm³/mol. The van der Waals surface area contributed by atoms with Crippen molar-refractivity contribution in [2.75, 3.05) is 13.2 Å². The summed E-state index contributed by atoms with van der Waals surface area (Å²) in [6, 6.07) is -0.535. The molecule has 0 saturated carbocycles. The fourth-order valence-electron chi connectivity index (χ4n) is 10.1. The van der Waals surface area contributed by atoms with E-state index in [0.717, 1.165) is 38.5 Å². The van der Waals surface area contributed by atoms with Crippen LogP contribution in [0.3, 0.4) is 0 Å². The zero-order valence-corrected chi connectivity index (χ0v) is 46.4. The van der Waals surface area contributed by atoms with Crippen LogP contribution in [0, 0.1) is 0 Å². The summed E-state index contributed by atoms with van der Waals surface area (Å²) in [5.74, 6) is -0.0103. The molecule has 0 aliphatic rings. The van der Waals surface area contributed by atoms with Gasteiger partial charge in [-0.2, -0.15) is 0 Å². The summed E-state index contributed by atoms with van der Waals surface area (Å²) in [6.07, 6.45) is 68.5. The molecule has 0 aliphatic heterocycles. The number of unbranched alkanes of at least 4 members (excludes halogenated alkanes) is 48. The number of amides is 1. The van der Waals surface area contributed by atoms with Crippen molar-refractivity contribution in [2.24, 2.45) is 0 Å². The monoisotopic (exact) mass is 962 g/mol. The number of aliphatic hydroxyl groups excluding tert-OH is 2. The molecule has 0 aromatic heterocycles. The molecule has 406 valence electrons. The van der Waals surface area contributed by atoms with E-state index in [0.29, 0.717) is 25.9 Å². The van der Waals surface area contributed by atoms with Crippen LogP contribution in [0.15, 0.2) is 0 Å². The molecular formula is C62H123NO5. The van der Waals surface area contributed by atoms with E-state index in [1.54, 1.807) is 0 Å². The van der Waals surface area contributed by atoms with Crippen LogP contribution in [-0.4, -0.2) is 47.4 Å². The van der Waals surface area contributed by atoms with Crippen LogP contribution in [0.5, 0.6) is 0 Å². The Balaban J connectivity index is 3.29. The lowest BCUT2D eigenvalue weighted by Gasteiger charge is -2.22. The molecule has 6 nitrogen and oxygen atoms in total. The number of hydrogen-bond donors (Lipinski definition) is 3. The maximum absolute atomic E-state index is 12.4. The summed E-state index contributed by atoms with van der Waals surface area (Å²) >= 11 is 0. The molecule has 2 atom stereocenters. The Kier molecular flexibility index (Phi) is 57.5. The number of aliphatic hydroxyl groups is 2. The maximum Gasteiger partial charge on any atom is 0.305 e. The molecule has 0 fully saturated rings. The van der Waals surface area contributed by atoms with Crippen LogP contribution in [0.4, 0.5) is 0 Å². The molecule has 0 bridgehead atoms. The Morgan fingerprint density at radius 3 is 0.897 bits per heavy atom. The molecule has 68 heavy (non-hydrogen) atoms. The largest absolute Gasteiger partial charge is 0.466 e. The molecule has 0 spiro atoms. The van der Waals surface area contributed by atoms with Crippen LogP contribution in [-0.2, 0) is 14.3 Å². The summed E-state index contributed by atoms with van der Waals surface area (Å²) in [4.78, 5) is 24.4. The number of ether oxygens (including phenoxy) is 1. The second-order valence-electron chi connectivity index (χ2n) is 21.8. The molecule has 6 heteroatoms. The van der Waals surface area contributed by atoms with Crippen molar-refractivity contribution in [1.29, 1.82) is 0 Å². The third-order valence-electron chi connectivity index (χ3n) is 14.9. The normalized spacial score (nSPS) is 12.5. The van der Waals surface area contributed by atoms with Crippen molar-refractivity contribution in [3.63, 3.8) is 0 Å². The second kappa shape index (κ2) is 58.4. The van der Waals surface area contributed by atoms with E-state index >= 15 is 0 Å². The molecule has 0 rings (SSSR count). The van der Waals surface area contributed by atoms with Crippen LogP contribution < -0.4 is 5.32 Å². The minimum atomic E-state index is -0.658. The van der Waals surface area contributed by atoms with Crippen LogP contribution in [0.25, 0.3) is 0 Å². The first-order chi connectivity index (χ1) is 33.5. The highest BCUT2D eigenvalue weighted by molar-refractivity contribution is 5.76. The summed E-state index contributed by atoms with van der Waals surface area (Å²) in [5, 5.41) is 23.2. The lowest BCUT2D eigenvalue weighted by Crippen LogP contribution is -2.45. The first kappa shape index (κ1) is 66.9. The van der Waals surface area contributed by atoms with Gasteiger partial charge in [0.2, 0.25) is 5.91 Å². The summed E-state index contributed by atoms with van der Waals surface area (Å²) in [7, 11) is 0. The van der Waals surface area contributed by atoms with E-state index in [1.807, 2.05) is 0 Å². The lowest BCUT2D eigenvalue weighted by atomic mass is 10.0. The maximum atomic E-state index is 12.4. The Morgan fingerprint density at radius 1 is 0.353 bits per heavy atom. The van der Waals surface area contributed by atoms with Crippen molar-refractivity contribution in [3.8, 4) is 0 Å². The highest BCUT2D eigenvalue weighted by atomic mass is 16.5. The number of hydrogen-bond acceptors (Lipinski definition) is 5. The predicted octanol–water partition coefficient (Wildman–Crippen LogP) is 19.5. The minimum Gasteiger partial charge on any atom is -0.466 e. The molecule has 0 aliphatic carbocycles. The standard InChI is InChI=1S/C62H123NO5/c1-3-5-7-9-11-13-35-40-44-48-52-56-62(67)68-57-53-49-45-41-37-34-32-30-28-26-24-22-20-18-16-15-17-19-21-23-25-27-29-31-33-36-39-43-47-51-55-61(66)63-59(58-64)60(65)54-50-46-42-38-14-12-10-8-6-4-2/h59-60,64-65H,3-58H2,1-2H3,(H,63,66). The molecule has 0 aromatic rings. The summed E-state index contributed by atoms with van der Waals surface area (Å²) in [5.41, 5.74) is 0. The van der Waals surface area contributed by atoms with Gasteiger partial charge in [0.15, 0.2) is 0 Å². The lowest BCUT2D eigenvalue weighted by molar-refractivity contribution is -0.143. The Labute approximate surface area is 426 Å². The fraction of sp³-hybridized carbons (Fsp3) is 0.968. The van der Waals surface area contributed by atoms with Gasteiger partial charge in [0.25, 0.3) is 0 Å². The van der Waals surface area contributed by atoms with Gasteiger partial charge in [-0.15, -0.1) is 0 Å². The van der Waals surface area contributed by atoms with Crippen molar-refractivity contribution in [3.05, 3.63) is 0 Å². The van der Waals surface area contributed by atoms with Gasteiger partial charge in [-0.25, -0.2) is 0 Å². The van der Waals surface area contributed by atoms with Gasteiger partial charge < -0.3 is 20.3 Å². The summed E-state index contributed by atoms with van der Waals surface area (Å²) in [6.45, 7) is 4.96.